The van der Waals surface area contributed by atoms with Crippen LogP contribution < -0.4 is 10.5 Å². The van der Waals surface area contributed by atoms with E-state index in [4.69, 9.17) is 22.1 Å². The first-order valence-electron chi connectivity index (χ1n) is 6.12. The molecule has 2 N–H and O–H groups in total. The highest BCUT2D eigenvalue weighted by atomic mass is 79.9. The van der Waals surface area contributed by atoms with Crippen molar-refractivity contribution in [2.45, 2.75) is 19.4 Å². The molecule has 0 bridgehead atoms. The third-order valence-electron chi connectivity index (χ3n) is 2.68. The molecule has 0 aliphatic heterocycles. The third kappa shape index (κ3) is 4.22. The molecule has 0 saturated carbocycles. The molecule has 0 amide bonds. The number of rotatable bonds is 4. The van der Waals surface area contributed by atoms with Gasteiger partial charge in [0.05, 0.1) is 5.02 Å². The van der Waals surface area contributed by atoms with E-state index in [-0.39, 0.29) is 6.04 Å². The van der Waals surface area contributed by atoms with Crippen molar-refractivity contribution in [3.05, 3.63) is 55.9 Å². The highest BCUT2D eigenvalue weighted by molar-refractivity contribution is 9.10. The lowest BCUT2D eigenvalue weighted by Crippen LogP contribution is -2.18. The van der Waals surface area contributed by atoms with E-state index in [2.05, 4.69) is 31.9 Å². The maximum atomic E-state index is 6.16. The summed E-state index contributed by atoms with van der Waals surface area (Å²) in [4.78, 5) is 0. The summed E-state index contributed by atoms with van der Waals surface area (Å²) in [5.74, 6) is 1.39. The Morgan fingerprint density at radius 1 is 1.10 bits per heavy atom. The van der Waals surface area contributed by atoms with Gasteiger partial charge in [0.25, 0.3) is 0 Å². The van der Waals surface area contributed by atoms with Crippen molar-refractivity contribution < 1.29 is 4.74 Å². The van der Waals surface area contributed by atoms with Crippen LogP contribution in [0.5, 0.6) is 11.5 Å². The van der Waals surface area contributed by atoms with Crippen LogP contribution in [0.25, 0.3) is 0 Å². The van der Waals surface area contributed by atoms with Crippen molar-refractivity contribution in [3.63, 3.8) is 0 Å². The molecule has 0 heterocycles. The fraction of sp³-hybridized carbons (Fsp3) is 0.200. The van der Waals surface area contributed by atoms with Crippen molar-refractivity contribution >= 4 is 43.5 Å². The summed E-state index contributed by atoms with van der Waals surface area (Å²) >= 11 is 13.0. The first-order chi connectivity index (χ1) is 9.45. The molecule has 0 saturated heterocycles. The van der Waals surface area contributed by atoms with Crippen LogP contribution in [0.1, 0.15) is 12.5 Å². The molecule has 2 aromatic carbocycles. The van der Waals surface area contributed by atoms with Gasteiger partial charge in [-0.2, -0.15) is 0 Å². The van der Waals surface area contributed by atoms with E-state index < -0.39 is 0 Å². The molecule has 2 nitrogen and oxygen atoms in total. The second-order valence-electron chi connectivity index (χ2n) is 4.61. The number of halogens is 3. The summed E-state index contributed by atoms with van der Waals surface area (Å²) < 4.78 is 7.86. The molecule has 0 fully saturated rings. The van der Waals surface area contributed by atoms with Gasteiger partial charge < -0.3 is 10.5 Å². The van der Waals surface area contributed by atoms with Gasteiger partial charge in [0, 0.05) is 15.0 Å². The first-order valence-corrected chi connectivity index (χ1v) is 8.09. The van der Waals surface area contributed by atoms with Crippen molar-refractivity contribution in [1.29, 1.82) is 0 Å². The minimum atomic E-state index is 0.0598. The smallest absolute Gasteiger partial charge is 0.147 e. The van der Waals surface area contributed by atoms with Gasteiger partial charge >= 0.3 is 0 Å². The predicted octanol–water partition coefficient (Wildman–Crippen LogP) is 5.55. The SMILES string of the molecule is CC(N)Cc1cc(Br)ccc1Oc1cc(Br)ccc1Cl. The van der Waals surface area contributed by atoms with Crippen LogP contribution in [0.2, 0.25) is 5.02 Å². The Kier molecular flexibility index (Phi) is 5.49. The lowest BCUT2D eigenvalue weighted by Gasteiger charge is -2.14. The molecule has 2 rings (SSSR count). The van der Waals surface area contributed by atoms with Crippen LogP contribution in [0.15, 0.2) is 45.3 Å². The van der Waals surface area contributed by atoms with E-state index in [0.717, 1.165) is 26.7 Å². The Morgan fingerprint density at radius 2 is 1.75 bits per heavy atom. The van der Waals surface area contributed by atoms with Crippen LogP contribution in [0.4, 0.5) is 0 Å². The third-order valence-corrected chi connectivity index (χ3v) is 3.98. The van der Waals surface area contributed by atoms with Crippen LogP contribution in [-0.2, 0) is 6.42 Å². The van der Waals surface area contributed by atoms with E-state index in [1.807, 2.05) is 37.3 Å². The Morgan fingerprint density at radius 3 is 2.45 bits per heavy atom. The molecule has 1 atom stereocenters. The van der Waals surface area contributed by atoms with Crippen molar-refractivity contribution in [2.24, 2.45) is 5.73 Å². The summed E-state index contributed by atoms with van der Waals surface area (Å²) in [6.45, 7) is 1.97. The zero-order chi connectivity index (χ0) is 14.7. The summed E-state index contributed by atoms with van der Waals surface area (Å²) in [5.41, 5.74) is 6.93. The molecule has 0 aliphatic carbocycles. The van der Waals surface area contributed by atoms with Crippen LogP contribution in [0.3, 0.4) is 0 Å². The maximum Gasteiger partial charge on any atom is 0.147 e. The zero-order valence-electron chi connectivity index (χ0n) is 10.9. The van der Waals surface area contributed by atoms with Gasteiger partial charge in [-0.1, -0.05) is 43.5 Å². The van der Waals surface area contributed by atoms with E-state index >= 15 is 0 Å². The van der Waals surface area contributed by atoms with E-state index in [1.165, 1.54) is 0 Å². The van der Waals surface area contributed by atoms with Crippen molar-refractivity contribution in [3.8, 4) is 11.5 Å². The van der Waals surface area contributed by atoms with Gasteiger partial charge in [-0.05, 0) is 55.3 Å². The number of hydrogen-bond acceptors (Lipinski definition) is 2. The maximum absolute atomic E-state index is 6.16. The lowest BCUT2D eigenvalue weighted by atomic mass is 10.1. The topological polar surface area (TPSA) is 35.2 Å². The minimum Gasteiger partial charge on any atom is -0.455 e. The molecule has 0 aromatic heterocycles. The Balaban J connectivity index is 2.35. The predicted molar refractivity (Wildman–Crippen MR) is 90.7 cm³/mol. The number of benzene rings is 2. The average Bonchev–Trinajstić information content (AvgIpc) is 2.36. The molecule has 0 radical (unpaired) electrons. The van der Waals surface area contributed by atoms with Crippen LogP contribution in [-0.4, -0.2) is 6.04 Å². The second kappa shape index (κ2) is 6.94. The van der Waals surface area contributed by atoms with Gasteiger partial charge in [-0.15, -0.1) is 0 Å². The lowest BCUT2D eigenvalue weighted by molar-refractivity contribution is 0.473. The van der Waals surface area contributed by atoms with Crippen LogP contribution >= 0.6 is 43.5 Å². The van der Waals surface area contributed by atoms with Gasteiger partial charge in [-0.25, -0.2) is 0 Å². The second-order valence-corrected chi connectivity index (χ2v) is 6.85. The molecule has 106 valence electrons. The van der Waals surface area contributed by atoms with Gasteiger partial charge in [0.2, 0.25) is 0 Å². The Hall–Kier alpha value is -0.550. The number of nitrogens with two attached hydrogens (primary N) is 1. The summed E-state index contributed by atoms with van der Waals surface area (Å²) in [6, 6.07) is 11.4. The largest absolute Gasteiger partial charge is 0.455 e. The average molecular weight is 420 g/mol. The quantitative estimate of drug-likeness (QED) is 0.705. The minimum absolute atomic E-state index is 0.0598. The fourth-order valence-electron chi connectivity index (χ4n) is 1.83. The van der Waals surface area contributed by atoms with Crippen LogP contribution in [0, 0.1) is 0 Å². The van der Waals surface area contributed by atoms with Crippen molar-refractivity contribution in [1.82, 2.24) is 0 Å². The van der Waals surface area contributed by atoms with Gasteiger partial charge in [0.15, 0.2) is 0 Å². The van der Waals surface area contributed by atoms with Gasteiger partial charge in [0.1, 0.15) is 11.5 Å². The van der Waals surface area contributed by atoms with E-state index in [1.54, 1.807) is 6.07 Å². The molecular weight excluding hydrogens is 405 g/mol. The standard InChI is InChI=1S/C15H14Br2ClNO/c1-9(19)6-10-7-11(16)3-5-14(10)20-15-8-12(17)2-4-13(15)18/h2-5,7-9H,6,19H2,1H3. The first kappa shape index (κ1) is 15.8. The summed E-state index contributed by atoms with van der Waals surface area (Å²) in [6.07, 6.45) is 0.737. The summed E-state index contributed by atoms with van der Waals surface area (Å²) in [7, 11) is 0. The molecule has 5 heteroatoms. The monoisotopic (exact) mass is 417 g/mol. The highest BCUT2D eigenvalue weighted by Crippen LogP contribution is 2.34. The fourth-order valence-corrected chi connectivity index (χ4v) is 2.73. The normalized spacial score (nSPS) is 12.2. The Bertz CT molecular complexity index is 617. The zero-order valence-corrected chi connectivity index (χ0v) is 14.8. The molecule has 0 aliphatic rings. The molecule has 20 heavy (non-hydrogen) atoms. The van der Waals surface area contributed by atoms with E-state index in [9.17, 15) is 0 Å². The highest BCUT2D eigenvalue weighted by Gasteiger charge is 2.10. The molecular formula is C15H14Br2ClNO. The van der Waals surface area contributed by atoms with Crippen molar-refractivity contribution in [2.75, 3.05) is 0 Å². The van der Waals surface area contributed by atoms with Gasteiger partial charge in [-0.3, -0.25) is 0 Å². The number of hydrogen-bond donors (Lipinski definition) is 1. The Labute approximate surface area is 140 Å². The molecule has 2 aromatic rings. The van der Waals surface area contributed by atoms with E-state index in [0.29, 0.717) is 10.8 Å². The summed E-state index contributed by atoms with van der Waals surface area (Å²) in [5, 5.41) is 0.572. The molecule has 0 spiro atoms. The molecule has 1 unspecified atom stereocenters. The number of ether oxygens (including phenoxy) is 1.